The summed E-state index contributed by atoms with van der Waals surface area (Å²) in [7, 11) is 1.41. The Balaban J connectivity index is 1.85. The van der Waals surface area contributed by atoms with Crippen LogP contribution in [0.3, 0.4) is 0 Å². The number of pyridine rings is 1. The Morgan fingerprint density at radius 2 is 2.00 bits per heavy atom. The Hall–Kier alpha value is -2.11. The summed E-state index contributed by atoms with van der Waals surface area (Å²) in [5.74, 6) is 0.541. The van der Waals surface area contributed by atoms with E-state index in [0.717, 1.165) is 43.9 Å². The maximum atomic E-state index is 11.6. The molecule has 0 unspecified atom stereocenters. The number of esters is 1. The van der Waals surface area contributed by atoms with Gasteiger partial charge in [-0.05, 0) is 60.9 Å². The molecule has 0 bridgehead atoms. The molecule has 0 aliphatic rings. The first-order valence-corrected chi connectivity index (χ1v) is 9.47. The average molecular weight is 390 g/mol. The van der Waals surface area contributed by atoms with Crippen LogP contribution in [-0.4, -0.2) is 18.1 Å². The van der Waals surface area contributed by atoms with E-state index < -0.39 is 0 Å². The predicted molar refractivity (Wildman–Crippen MR) is 105 cm³/mol. The molecular weight excluding hydrogens is 370 g/mol. The fourth-order valence-electron chi connectivity index (χ4n) is 3.00. The molecule has 0 N–H and O–H groups in total. The van der Waals surface area contributed by atoms with Gasteiger partial charge in [0, 0.05) is 21.7 Å². The fourth-order valence-corrected chi connectivity index (χ4v) is 4.41. The van der Waals surface area contributed by atoms with Crippen molar-refractivity contribution in [2.45, 2.75) is 33.8 Å². The number of aromatic nitrogens is 1. The number of hydrogen-bond donors (Lipinski definition) is 0. The Labute approximate surface area is 161 Å². The van der Waals surface area contributed by atoms with E-state index in [2.05, 4.69) is 4.98 Å². The highest BCUT2D eigenvalue weighted by atomic mass is 35.5. The lowest BCUT2D eigenvalue weighted by Gasteiger charge is -2.12. The zero-order valence-electron chi connectivity index (χ0n) is 15.2. The Kier molecular flexibility index (Phi) is 5.49. The van der Waals surface area contributed by atoms with Crippen LogP contribution in [-0.2, 0) is 22.6 Å². The van der Waals surface area contributed by atoms with E-state index in [4.69, 9.17) is 21.1 Å². The number of rotatable bonds is 5. The van der Waals surface area contributed by atoms with Crippen LogP contribution in [0.5, 0.6) is 5.75 Å². The predicted octanol–water partition coefficient (Wildman–Crippen LogP) is 5.17. The van der Waals surface area contributed by atoms with E-state index >= 15 is 0 Å². The number of aryl methyl sites for hydroxylation is 3. The van der Waals surface area contributed by atoms with Crippen molar-refractivity contribution >= 4 is 39.0 Å². The molecule has 3 rings (SSSR count). The summed E-state index contributed by atoms with van der Waals surface area (Å²) in [6.45, 7) is 6.24. The van der Waals surface area contributed by atoms with Crippen LogP contribution >= 0.6 is 22.9 Å². The molecule has 4 nitrogen and oxygen atoms in total. The van der Waals surface area contributed by atoms with E-state index in [1.807, 2.05) is 44.4 Å². The van der Waals surface area contributed by atoms with Crippen LogP contribution in [0.4, 0.5) is 0 Å². The molecule has 6 heteroatoms. The van der Waals surface area contributed by atoms with Gasteiger partial charge in [0.25, 0.3) is 0 Å². The van der Waals surface area contributed by atoms with Crippen molar-refractivity contribution in [1.29, 1.82) is 0 Å². The molecule has 0 saturated heterocycles. The van der Waals surface area contributed by atoms with Crippen molar-refractivity contribution in [3.8, 4) is 5.75 Å². The topological polar surface area (TPSA) is 48.4 Å². The summed E-state index contributed by atoms with van der Waals surface area (Å²) in [5.41, 5.74) is 4.73. The van der Waals surface area contributed by atoms with Gasteiger partial charge in [0.2, 0.25) is 0 Å². The number of benzene rings is 1. The molecule has 0 spiro atoms. The van der Waals surface area contributed by atoms with Crippen LogP contribution in [0.2, 0.25) is 5.02 Å². The number of carbonyl (C=O) groups is 1. The Bertz CT molecular complexity index is 958. The smallest absolute Gasteiger partial charge is 0.310 e. The van der Waals surface area contributed by atoms with E-state index in [9.17, 15) is 4.79 Å². The third-order valence-corrected chi connectivity index (χ3v) is 5.59. The van der Waals surface area contributed by atoms with E-state index in [0.29, 0.717) is 11.6 Å². The summed E-state index contributed by atoms with van der Waals surface area (Å²) >= 11 is 7.93. The highest BCUT2D eigenvalue weighted by Gasteiger charge is 2.14. The van der Waals surface area contributed by atoms with Crippen molar-refractivity contribution in [3.63, 3.8) is 0 Å². The van der Waals surface area contributed by atoms with Gasteiger partial charge in [0.1, 0.15) is 12.4 Å². The molecule has 0 saturated carbocycles. The van der Waals surface area contributed by atoms with Crippen LogP contribution in [0.25, 0.3) is 10.1 Å². The van der Waals surface area contributed by atoms with Crippen molar-refractivity contribution in [1.82, 2.24) is 4.98 Å². The molecule has 0 aliphatic heterocycles. The van der Waals surface area contributed by atoms with Gasteiger partial charge < -0.3 is 9.47 Å². The second-order valence-corrected chi connectivity index (χ2v) is 7.54. The molecule has 136 valence electrons. The number of carbonyl (C=O) groups excluding carboxylic acids is 1. The lowest BCUT2D eigenvalue weighted by atomic mass is 10.1. The number of hydrogen-bond acceptors (Lipinski definition) is 5. The third kappa shape index (κ3) is 3.84. The van der Waals surface area contributed by atoms with Gasteiger partial charge in [-0.3, -0.25) is 9.78 Å². The van der Waals surface area contributed by atoms with Crippen molar-refractivity contribution < 1.29 is 14.3 Å². The molecule has 0 atom stereocenters. The average Bonchev–Trinajstić information content (AvgIpc) is 2.97. The molecule has 0 fully saturated rings. The van der Waals surface area contributed by atoms with Crippen molar-refractivity contribution in [2.24, 2.45) is 0 Å². The van der Waals surface area contributed by atoms with Gasteiger partial charge >= 0.3 is 5.97 Å². The number of thiophene rings is 1. The van der Waals surface area contributed by atoms with Gasteiger partial charge in [-0.25, -0.2) is 0 Å². The number of ether oxygens (including phenoxy) is 2. The van der Waals surface area contributed by atoms with Gasteiger partial charge in [0.05, 0.1) is 18.6 Å². The van der Waals surface area contributed by atoms with Crippen LogP contribution in [0.1, 0.15) is 28.1 Å². The number of halogens is 1. The van der Waals surface area contributed by atoms with Gasteiger partial charge in [-0.2, -0.15) is 0 Å². The first-order valence-electron chi connectivity index (χ1n) is 8.22. The van der Waals surface area contributed by atoms with Crippen LogP contribution in [0, 0.1) is 20.8 Å². The Morgan fingerprint density at radius 1 is 1.23 bits per heavy atom. The molecule has 2 aromatic heterocycles. The zero-order valence-corrected chi connectivity index (χ0v) is 16.8. The molecular formula is C20H20ClNO3S. The van der Waals surface area contributed by atoms with Crippen LogP contribution < -0.4 is 4.74 Å². The molecule has 0 radical (unpaired) electrons. The van der Waals surface area contributed by atoms with Gasteiger partial charge in [0.15, 0.2) is 0 Å². The minimum Gasteiger partial charge on any atom is -0.489 e. The maximum absolute atomic E-state index is 11.6. The minimum atomic E-state index is -0.235. The number of methoxy groups -OCH3 is 1. The maximum Gasteiger partial charge on any atom is 0.310 e. The molecule has 26 heavy (non-hydrogen) atoms. The van der Waals surface area contributed by atoms with E-state index in [-0.39, 0.29) is 12.4 Å². The van der Waals surface area contributed by atoms with Gasteiger partial charge in [-0.15, -0.1) is 11.3 Å². The van der Waals surface area contributed by atoms with E-state index in [1.165, 1.54) is 7.11 Å². The standard InChI is InChI=1S/C20H20ClNO3S/c1-11-5-15(25-9-16-13(3)22-12(2)6-17(16)21)8-18-20(11)14(10-26-18)7-19(23)24-4/h5-6,8,10H,7,9H2,1-4H3. The third-order valence-electron chi connectivity index (χ3n) is 4.27. The minimum absolute atomic E-state index is 0.235. The van der Waals surface area contributed by atoms with Crippen molar-refractivity contribution in [2.75, 3.05) is 7.11 Å². The first kappa shape index (κ1) is 18.7. The summed E-state index contributed by atoms with van der Waals surface area (Å²) in [5, 5.41) is 3.77. The lowest BCUT2D eigenvalue weighted by Crippen LogP contribution is -2.04. The second-order valence-electron chi connectivity index (χ2n) is 6.23. The largest absolute Gasteiger partial charge is 0.489 e. The Morgan fingerprint density at radius 3 is 2.69 bits per heavy atom. The van der Waals surface area contributed by atoms with E-state index in [1.54, 1.807) is 11.3 Å². The van der Waals surface area contributed by atoms with Crippen molar-refractivity contribution in [3.05, 3.63) is 56.7 Å². The zero-order chi connectivity index (χ0) is 18.8. The molecule has 2 heterocycles. The lowest BCUT2D eigenvalue weighted by molar-refractivity contribution is -0.139. The molecule has 0 aliphatic carbocycles. The number of fused-ring (bicyclic) bond motifs is 1. The number of nitrogens with zero attached hydrogens (tertiary/aromatic N) is 1. The second kappa shape index (κ2) is 7.64. The van der Waals surface area contributed by atoms with Gasteiger partial charge in [-0.1, -0.05) is 11.6 Å². The summed E-state index contributed by atoms with van der Waals surface area (Å²) < 4.78 is 11.8. The monoisotopic (exact) mass is 389 g/mol. The highest BCUT2D eigenvalue weighted by molar-refractivity contribution is 7.17. The summed E-state index contributed by atoms with van der Waals surface area (Å²) in [6.07, 6.45) is 0.279. The highest BCUT2D eigenvalue weighted by Crippen LogP contribution is 2.34. The van der Waals surface area contributed by atoms with Crippen LogP contribution in [0.15, 0.2) is 23.6 Å². The summed E-state index contributed by atoms with van der Waals surface area (Å²) in [6, 6.07) is 5.83. The molecule has 3 aromatic rings. The first-order chi connectivity index (χ1) is 12.4. The molecule has 1 aromatic carbocycles. The molecule has 0 amide bonds. The normalized spacial score (nSPS) is 11.0. The fraction of sp³-hybridized carbons (Fsp3) is 0.300. The SMILES string of the molecule is COC(=O)Cc1csc2cc(OCc3c(Cl)cc(C)nc3C)cc(C)c12. The summed E-state index contributed by atoms with van der Waals surface area (Å²) in [4.78, 5) is 16.0. The quantitative estimate of drug-likeness (QED) is 0.565.